The molecule has 0 aliphatic heterocycles. The highest BCUT2D eigenvalue weighted by molar-refractivity contribution is 9.10. The van der Waals surface area contributed by atoms with Crippen LogP contribution < -0.4 is 11.1 Å². The van der Waals surface area contributed by atoms with Crippen molar-refractivity contribution in [2.45, 2.75) is 0 Å². The molecule has 0 unspecified atom stereocenters. The molecule has 0 radical (unpaired) electrons. The van der Waals surface area contributed by atoms with Gasteiger partial charge < -0.3 is 11.1 Å². The topological polar surface area (TPSA) is 55.1 Å². The van der Waals surface area contributed by atoms with E-state index in [-0.39, 0.29) is 26.3 Å². The van der Waals surface area contributed by atoms with Gasteiger partial charge in [0.05, 0.1) is 15.7 Å². The summed E-state index contributed by atoms with van der Waals surface area (Å²) >= 11 is 7.76. The number of benzene rings is 2. The zero-order chi connectivity index (χ0) is 15.6. The van der Waals surface area contributed by atoms with Crippen molar-refractivity contribution in [3.8, 4) is 0 Å². The Labute approximate surface area is 133 Å². The van der Waals surface area contributed by atoms with Crippen molar-refractivity contribution in [1.82, 2.24) is 0 Å². The fraction of sp³-hybridized carbons (Fsp3) is 0. The molecule has 7 heteroatoms. The summed E-state index contributed by atoms with van der Waals surface area (Å²) in [6, 6.07) is 7.97. The standard InChI is InChI=1S/C14H9BrF2N2OS/c15-8-5-4-7(6-10(8)17)14(20)19-11-3-1-2-9(16)12(11)13(18)21/h1-6H,(H2,18,21)(H,19,20). The largest absolute Gasteiger partial charge is 0.389 e. The van der Waals surface area contributed by atoms with Crippen LogP contribution in [0.3, 0.4) is 0 Å². The van der Waals surface area contributed by atoms with E-state index in [1.807, 2.05) is 0 Å². The summed E-state index contributed by atoms with van der Waals surface area (Å²) in [7, 11) is 0. The Kier molecular flexibility index (Phi) is 4.64. The zero-order valence-electron chi connectivity index (χ0n) is 10.5. The van der Waals surface area contributed by atoms with Crippen molar-refractivity contribution in [1.29, 1.82) is 0 Å². The molecule has 0 spiro atoms. The summed E-state index contributed by atoms with van der Waals surface area (Å²) in [4.78, 5) is 11.9. The van der Waals surface area contributed by atoms with Crippen molar-refractivity contribution in [2.75, 3.05) is 5.32 Å². The first-order chi connectivity index (χ1) is 9.90. The predicted octanol–water partition coefficient (Wildman–Crippen LogP) is 3.61. The van der Waals surface area contributed by atoms with E-state index in [0.29, 0.717) is 0 Å². The van der Waals surface area contributed by atoms with Crippen LogP contribution in [0.4, 0.5) is 14.5 Å². The number of nitrogens with one attached hydrogen (secondary N) is 1. The first kappa shape index (κ1) is 15.5. The lowest BCUT2D eigenvalue weighted by Gasteiger charge is -2.11. The van der Waals surface area contributed by atoms with Crippen LogP contribution in [-0.2, 0) is 0 Å². The number of nitrogens with two attached hydrogens (primary N) is 1. The average Bonchev–Trinajstić information content (AvgIpc) is 2.41. The van der Waals surface area contributed by atoms with Crippen LogP contribution in [0, 0.1) is 11.6 Å². The van der Waals surface area contributed by atoms with Gasteiger partial charge in [-0.2, -0.15) is 0 Å². The molecule has 0 aromatic heterocycles. The normalized spacial score (nSPS) is 10.2. The number of hydrogen-bond acceptors (Lipinski definition) is 2. The van der Waals surface area contributed by atoms with E-state index in [1.54, 1.807) is 0 Å². The summed E-state index contributed by atoms with van der Waals surface area (Å²) in [5.74, 6) is -1.80. The van der Waals surface area contributed by atoms with E-state index in [1.165, 1.54) is 30.3 Å². The van der Waals surface area contributed by atoms with E-state index >= 15 is 0 Å². The third-order valence-electron chi connectivity index (χ3n) is 2.69. The molecule has 0 aliphatic rings. The molecule has 0 saturated carbocycles. The first-order valence-corrected chi connectivity index (χ1v) is 6.95. The second-order valence-corrected chi connectivity index (χ2v) is 5.40. The molecule has 108 valence electrons. The number of carbonyl (C=O) groups excluding carboxylic acids is 1. The Morgan fingerprint density at radius 2 is 1.90 bits per heavy atom. The molecule has 2 aromatic rings. The van der Waals surface area contributed by atoms with E-state index in [4.69, 9.17) is 18.0 Å². The second kappa shape index (κ2) is 6.28. The van der Waals surface area contributed by atoms with E-state index in [2.05, 4.69) is 21.2 Å². The molecule has 2 aromatic carbocycles. The summed E-state index contributed by atoms with van der Waals surface area (Å²) in [6.45, 7) is 0. The lowest BCUT2D eigenvalue weighted by molar-refractivity contribution is 0.102. The molecule has 0 fully saturated rings. The van der Waals surface area contributed by atoms with Gasteiger partial charge in [0.1, 0.15) is 16.6 Å². The third kappa shape index (κ3) is 3.43. The number of amides is 1. The highest BCUT2D eigenvalue weighted by Crippen LogP contribution is 2.21. The van der Waals surface area contributed by atoms with Crippen molar-refractivity contribution < 1.29 is 13.6 Å². The Morgan fingerprint density at radius 3 is 2.52 bits per heavy atom. The monoisotopic (exact) mass is 370 g/mol. The Morgan fingerprint density at radius 1 is 1.19 bits per heavy atom. The fourth-order valence-corrected chi connectivity index (χ4v) is 2.16. The molecule has 0 aliphatic carbocycles. The molecule has 3 nitrogen and oxygen atoms in total. The van der Waals surface area contributed by atoms with Gasteiger partial charge in [0, 0.05) is 5.56 Å². The summed E-state index contributed by atoms with van der Waals surface area (Å²) in [5, 5.41) is 2.47. The lowest BCUT2D eigenvalue weighted by Crippen LogP contribution is -2.19. The third-order valence-corrected chi connectivity index (χ3v) is 3.54. The van der Waals surface area contributed by atoms with Crippen LogP contribution in [0.1, 0.15) is 15.9 Å². The summed E-state index contributed by atoms with van der Waals surface area (Å²) in [5.41, 5.74) is 5.62. The zero-order valence-corrected chi connectivity index (χ0v) is 12.9. The molecule has 3 N–H and O–H groups in total. The minimum absolute atomic E-state index is 0.0570. The van der Waals surface area contributed by atoms with E-state index < -0.39 is 17.5 Å². The first-order valence-electron chi connectivity index (χ1n) is 5.75. The highest BCUT2D eigenvalue weighted by atomic mass is 79.9. The maximum absolute atomic E-state index is 13.7. The molecule has 21 heavy (non-hydrogen) atoms. The van der Waals surface area contributed by atoms with Crippen LogP contribution in [0.15, 0.2) is 40.9 Å². The number of halogens is 3. The number of rotatable bonds is 3. The lowest BCUT2D eigenvalue weighted by atomic mass is 10.1. The quantitative estimate of drug-likeness (QED) is 0.811. The van der Waals surface area contributed by atoms with Crippen molar-refractivity contribution in [3.63, 3.8) is 0 Å². The molecule has 0 saturated heterocycles. The molecule has 0 atom stereocenters. The molecular formula is C14H9BrF2N2OS. The second-order valence-electron chi connectivity index (χ2n) is 4.11. The molecule has 2 rings (SSSR count). The summed E-state index contributed by atoms with van der Waals surface area (Å²) < 4.78 is 27.4. The van der Waals surface area contributed by atoms with Gasteiger partial charge in [0.15, 0.2) is 0 Å². The maximum atomic E-state index is 13.7. The highest BCUT2D eigenvalue weighted by Gasteiger charge is 2.15. The maximum Gasteiger partial charge on any atom is 0.255 e. The van der Waals surface area contributed by atoms with Crippen LogP contribution in [0.5, 0.6) is 0 Å². The Bertz CT molecular complexity index is 737. The predicted molar refractivity (Wildman–Crippen MR) is 84.3 cm³/mol. The van der Waals surface area contributed by atoms with Gasteiger partial charge in [0.25, 0.3) is 5.91 Å². The van der Waals surface area contributed by atoms with Gasteiger partial charge >= 0.3 is 0 Å². The number of thiocarbonyl (C=S) groups is 1. The van der Waals surface area contributed by atoms with Crippen molar-refractivity contribution >= 4 is 44.7 Å². The molecule has 0 heterocycles. The van der Waals surface area contributed by atoms with Gasteiger partial charge in [-0.15, -0.1) is 0 Å². The van der Waals surface area contributed by atoms with Crippen molar-refractivity contribution in [2.24, 2.45) is 5.73 Å². The van der Waals surface area contributed by atoms with Crippen LogP contribution in [-0.4, -0.2) is 10.9 Å². The Hall–Kier alpha value is -1.86. The van der Waals surface area contributed by atoms with Gasteiger partial charge in [0.2, 0.25) is 0 Å². The minimum Gasteiger partial charge on any atom is -0.389 e. The van der Waals surface area contributed by atoms with Crippen LogP contribution >= 0.6 is 28.1 Å². The smallest absolute Gasteiger partial charge is 0.255 e. The molecule has 0 bridgehead atoms. The van der Waals surface area contributed by atoms with Crippen molar-refractivity contribution in [3.05, 3.63) is 63.6 Å². The molecule has 1 amide bonds. The summed E-state index contributed by atoms with van der Waals surface area (Å²) in [6.07, 6.45) is 0. The fourth-order valence-electron chi connectivity index (χ4n) is 1.71. The number of anilines is 1. The SMILES string of the molecule is NC(=S)c1c(F)cccc1NC(=O)c1ccc(Br)c(F)c1. The number of carbonyl (C=O) groups is 1. The minimum atomic E-state index is -0.637. The molecular weight excluding hydrogens is 362 g/mol. The van der Waals surface area contributed by atoms with Gasteiger partial charge in [-0.05, 0) is 46.3 Å². The van der Waals surface area contributed by atoms with Crippen LogP contribution in [0.25, 0.3) is 0 Å². The van der Waals surface area contributed by atoms with E-state index in [9.17, 15) is 13.6 Å². The van der Waals surface area contributed by atoms with Crippen LogP contribution in [0.2, 0.25) is 0 Å². The number of hydrogen-bond donors (Lipinski definition) is 2. The Balaban J connectivity index is 2.34. The van der Waals surface area contributed by atoms with Gasteiger partial charge in [-0.25, -0.2) is 8.78 Å². The van der Waals surface area contributed by atoms with Gasteiger partial charge in [-0.3, -0.25) is 4.79 Å². The average molecular weight is 371 g/mol. The van der Waals surface area contributed by atoms with E-state index in [0.717, 1.165) is 6.07 Å². The van der Waals surface area contributed by atoms with Gasteiger partial charge in [-0.1, -0.05) is 18.3 Å².